The first-order valence-corrected chi connectivity index (χ1v) is 12.4. The maximum absolute atomic E-state index is 13.3. The number of hydrogen-bond donors (Lipinski definition) is 2. The highest BCUT2D eigenvalue weighted by molar-refractivity contribution is 5.82. The van der Waals surface area contributed by atoms with Crippen molar-refractivity contribution >= 4 is 16.9 Å². The molecule has 2 saturated heterocycles. The Balaban J connectivity index is 1.16. The minimum Gasteiger partial charge on any atom is -0.380 e. The summed E-state index contributed by atoms with van der Waals surface area (Å²) in [7, 11) is 0. The SMILES string of the molecule is O=C(Cc1nc2c(CF)cccc2[nH]1)NC1CN(C2CCOC2)C[C@@H]1OC1CCc2cnccc21. The van der Waals surface area contributed by atoms with Crippen LogP contribution in [0.2, 0.25) is 0 Å². The number of carbonyl (C=O) groups is 1. The molecule has 2 N–H and O–H groups in total. The average Bonchev–Trinajstić information content (AvgIpc) is 3.66. The van der Waals surface area contributed by atoms with Crippen molar-refractivity contribution < 1.29 is 18.7 Å². The summed E-state index contributed by atoms with van der Waals surface area (Å²) < 4.78 is 25.6. The first kappa shape index (κ1) is 22.6. The average molecular weight is 480 g/mol. The summed E-state index contributed by atoms with van der Waals surface area (Å²) in [5, 5.41) is 3.21. The van der Waals surface area contributed by atoms with Gasteiger partial charge < -0.3 is 19.8 Å². The number of aromatic amines is 1. The fourth-order valence-electron chi connectivity index (χ4n) is 5.69. The summed E-state index contributed by atoms with van der Waals surface area (Å²) >= 11 is 0. The minimum atomic E-state index is -0.587. The van der Waals surface area contributed by atoms with Gasteiger partial charge in [0, 0.05) is 43.7 Å². The van der Waals surface area contributed by atoms with Crippen molar-refractivity contribution in [2.75, 3.05) is 26.3 Å². The van der Waals surface area contributed by atoms with Crippen LogP contribution in [-0.4, -0.2) is 70.2 Å². The fraction of sp³-hybridized carbons (Fsp3) is 0.500. The van der Waals surface area contributed by atoms with Crippen molar-refractivity contribution in [3.63, 3.8) is 0 Å². The summed E-state index contributed by atoms with van der Waals surface area (Å²) in [6.07, 6.45) is 6.65. The van der Waals surface area contributed by atoms with Crippen molar-refractivity contribution in [3.05, 3.63) is 59.2 Å². The highest BCUT2D eigenvalue weighted by Crippen LogP contribution is 2.36. The van der Waals surface area contributed by atoms with Crippen LogP contribution in [0.25, 0.3) is 11.0 Å². The number of imidazole rings is 1. The molecule has 4 heterocycles. The molecule has 3 aromatic rings. The van der Waals surface area contributed by atoms with Gasteiger partial charge in [-0.1, -0.05) is 12.1 Å². The monoisotopic (exact) mass is 479 g/mol. The number of H-pyrrole nitrogens is 1. The lowest BCUT2D eigenvalue weighted by molar-refractivity contribution is -0.122. The molecular formula is C26H30FN5O3. The van der Waals surface area contributed by atoms with Gasteiger partial charge in [-0.05, 0) is 42.5 Å². The molecule has 1 amide bonds. The lowest BCUT2D eigenvalue weighted by Gasteiger charge is -2.24. The van der Waals surface area contributed by atoms with E-state index in [2.05, 4.69) is 25.2 Å². The van der Waals surface area contributed by atoms with Crippen molar-refractivity contribution in [3.8, 4) is 0 Å². The second-order valence-corrected chi connectivity index (χ2v) is 9.73. The maximum atomic E-state index is 13.3. The number of para-hydroxylation sites is 1. The van der Waals surface area contributed by atoms with Crippen LogP contribution >= 0.6 is 0 Å². The number of fused-ring (bicyclic) bond motifs is 2. The van der Waals surface area contributed by atoms with Gasteiger partial charge in [-0.2, -0.15) is 0 Å². The van der Waals surface area contributed by atoms with Gasteiger partial charge in [-0.15, -0.1) is 0 Å². The first-order chi connectivity index (χ1) is 17.2. The Morgan fingerprint density at radius 2 is 2.23 bits per heavy atom. The summed E-state index contributed by atoms with van der Waals surface area (Å²) in [6, 6.07) is 7.63. The van der Waals surface area contributed by atoms with Gasteiger partial charge in [0.15, 0.2) is 0 Å². The second-order valence-electron chi connectivity index (χ2n) is 9.73. The largest absolute Gasteiger partial charge is 0.380 e. The number of likely N-dealkylation sites (tertiary alicyclic amines) is 1. The van der Waals surface area contributed by atoms with Crippen LogP contribution in [0.5, 0.6) is 0 Å². The molecule has 1 aromatic carbocycles. The number of nitrogens with zero attached hydrogens (tertiary/aromatic N) is 3. The van der Waals surface area contributed by atoms with E-state index in [-0.39, 0.29) is 30.6 Å². The minimum absolute atomic E-state index is 0.0201. The summed E-state index contributed by atoms with van der Waals surface area (Å²) in [6.45, 7) is 2.41. The number of hydrogen-bond acceptors (Lipinski definition) is 6. The lowest BCUT2D eigenvalue weighted by atomic mass is 10.1. The van der Waals surface area contributed by atoms with Crippen molar-refractivity contribution in [2.45, 2.75) is 56.6 Å². The Hall–Kier alpha value is -2.88. The highest BCUT2D eigenvalue weighted by atomic mass is 19.1. The Labute approximate surface area is 203 Å². The van der Waals surface area contributed by atoms with Crippen LogP contribution in [0, 0.1) is 0 Å². The third-order valence-electron chi connectivity index (χ3n) is 7.48. The smallest absolute Gasteiger partial charge is 0.227 e. The molecule has 0 saturated carbocycles. The van der Waals surface area contributed by atoms with Gasteiger partial charge in [-0.25, -0.2) is 9.37 Å². The van der Waals surface area contributed by atoms with E-state index < -0.39 is 6.67 Å². The molecule has 2 aliphatic heterocycles. The first-order valence-electron chi connectivity index (χ1n) is 12.4. The quantitative estimate of drug-likeness (QED) is 0.541. The Morgan fingerprint density at radius 3 is 3.09 bits per heavy atom. The van der Waals surface area contributed by atoms with Crippen LogP contribution in [0.3, 0.4) is 0 Å². The molecular weight excluding hydrogens is 449 g/mol. The molecule has 9 heteroatoms. The van der Waals surface area contributed by atoms with Crippen LogP contribution in [-0.2, 0) is 33.8 Å². The number of aryl methyl sites for hydroxylation is 1. The lowest BCUT2D eigenvalue weighted by Crippen LogP contribution is -2.45. The van der Waals surface area contributed by atoms with E-state index in [0.29, 0.717) is 22.9 Å². The topological polar surface area (TPSA) is 92.4 Å². The number of halogens is 1. The summed E-state index contributed by atoms with van der Waals surface area (Å²) in [5.74, 6) is 0.414. The van der Waals surface area contributed by atoms with Gasteiger partial charge in [0.05, 0.1) is 42.3 Å². The molecule has 3 unspecified atom stereocenters. The van der Waals surface area contributed by atoms with Gasteiger partial charge in [0.25, 0.3) is 0 Å². The van der Waals surface area contributed by atoms with Gasteiger partial charge in [-0.3, -0.25) is 14.7 Å². The molecule has 0 radical (unpaired) electrons. The molecule has 0 bridgehead atoms. The molecule has 35 heavy (non-hydrogen) atoms. The Morgan fingerprint density at radius 1 is 1.29 bits per heavy atom. The standard InChI is InChI=1S/C26H30FN5O3/c27-11-16-2-1-3-20-26(16)31-24(29-20)10-25(33)30-21-13-32(18-7-9-34-15-18)14-23(21)35-22-5-4-17-12-28-8-6-19(17)22/h1-3,6,8,12,18,21-23H,4-5,7,9-11,13-15H2,(H,29,31)(H,30,33)/t18?,21?,22?,23-/m0/s1. The van der Waals surface area contributed by atoms with Gasteiger partial charge in [0.2, 0.25) is 5.91 Å². The molecule has 2 aromatic heterocycles. The van der Waals surface area contributed by atoms with Crippen LogP contribution < -0.4 is 5.32 Å². The number of ether oxygens (including phenoxy) is 2. The van der Waals surface area contributed by atoms with Gasteiger partial charge >= 0.3 is 0 Å². The van der Waals surface area contributed by atoms with Crippen LogP contribution in [0.15, 0.2) is 36.7 Å². The summed E-state index contributed by atoms with van der Waals surface area (Å²) in [5.41, 5.74) is 4.30. The van der Waals surface area contributed by atoms with E-state index in [1.165, 1.54) is 11.1 Å². The second kappa shape index (κ2) is 9.64. The predicted molar refractivity (Wildman–Crippen MR) is 128 cm³/mol. The van der Waals surface area contributed by atoms with Crippen LogP contribution in [0.1, 0.15) is 41.5 Å². The molecule has 2 fully saturated rings. The number of alkyl halides is 1. The zero-order chi connectivity index (χ0) is 23.8. The number of nitrogens with one attached hydrogen (secondary N) is 2. The van der Waals surface area contributed by atoms with Crippen LogP contribution in [0.4, 0.5) is 4.39 Å². The van der Waals surface area contributed by atoms with Gasteiger partial charge in [0.1, 0.15) is 12.5 Å². The predicted octanol–water partition coefficient (Wildman–Crippen LogP) is 2.63. The Kier molecular flexibility index (Phi) is 6.22. The maximum Gasteiger partial charge on any atom is 0.227 e. The number of carbonyl (C=O) groups excluding carboxylic acids is 1. The molecule has 8 nitrogen and oxygen atoms in total. The Bertz CT molecular complexity index is 1210. The normalized spacial score (nSPS) is 26.4. The number of rotatable bonds is 7. The van der Waals surface area contributed by atoms with E-state index in [1.807, 2.05) is 24.5 Å². The fourth-order valence-corrected chi connectivity index (χ4v) is 5.69. The zero-order valence-electron chi connectivity index (χ0n) is 19.6. The molecule has 1 aliphatic carbocycles. The number of amides is 1. The highest BCUT2D eigenvalue weighted by Gasteiger charge is 2.41. The van der Waals surface area contributed by atoms with E-state index in [1.54, 1.807) is 12.1 Å². The van der Waals surface area contributed by atoms with E-state index in [9.17, 15) is 9.18 Å². The van der Waals surface area contributed by atoms with Crippen molar-refractivity contribution in [1.82, 2.24) is 25.2 Å². The molecule has 4 atom stereocenters. The van der Waals surface area contributed by atoms with E-state index in [0.717, 1.165) is 51.1 Å². The zero-order valence-corrected chi connectivity index (χ0v) is 19.6. The molecule has 184 valence electrons. The third-order valence-corrected chi connectivity index (χ3v) is 7.48. The molecule has 6 rings (SSSR count). The molecule has 3 aliphatic rings. The third kappa shape index (κ3) is 4.55. The number of benzene rings is 1. The van der Waals surface area contributed by atoms with Crippen molar-refractivity contribution in [2.24, 2.45) is 0 Å². The van der Waals surface area contributed by atoms with Crippen molar-refractivity contribution in [1.29, 1.82) is 0 Å². The van der Waals surface area contributed by atoms with E-state index in [4.69, 9.17) is 9.47 Å². The molecule has 0 spiro atoms. The number of pyridine rings is 1. The van der Waals surface area contributed by atoms with E-state index >= 15 is 0 Å². The summed E-state index contributed by atoms with van der Waals surface area (Å²) in [4.78, 5) is 27.3. The number of aromatic nitrogens is 3.